The summed E-state index contributed by atoms with van der Waals surface area (Å²) >= 11 is 6.54. The molecule has 0 radical (unpaired) electrons. The number of nitrogens with two attached hydrogens (primary N) is 1. The molecule has 3 N–H and O–H groups in total. The summed E-state index contributed by atoms with van der Waals surface area (Å²) in [6.45, 7) is 6.07. The number of anilines is 1. The molecule has 0 aliphatic carbocycles. The van der Waals surface area contributed by atoms with Gasteiger partial charge in [-0.3, -0.25) is 0 Å². The molecule has 20 heavy (non-hydrogen) atoms. The summed E-state index contributed by atoms with van der Waals surface area (Å²) < 4.78 is 28.7. The summed E-state index contributed by atoms with van der Waals surface area (Å²) in [7, 11) is -3.63. The van der Waals surface area contributed by atoms with Gasteiger partial charge in [0.25, 0.3) is 0 Å². The largest absolute Gasteiger partial charge is 0.398 e. The standard InChI is InChI=1S/C13H20Br2N2O2S/c1-4-8(2)5-9(3)17-20(18,19)13-11(15)6-10(14)7-12(13)16/h6-9,17H,4-5,16H2,1-3H3. The second-order valence-electron chi connectivity index (χ2n) is 5.08. The third-order valence-electron chi connectivity index (χ3n) is 3.12. The fourth-order valence-corrected chi connectivity index (χ4v) is 5.33. The van der Waals surface area contributed by atoms with E-state index in [2.05, 4.69) is 50.4 Å². The van der Waals surface area contributed by atoms with Gasteiger partial charge in [0.15, 0.2) is 0 Å². The van der Waals surface area contributed by atoms with E-state index < -0.39 is 10.0 Å². The van der Waals surface area contributed by atoms with Crippen LogP contribution in [-0.2, 0) is 10.0 Å². The maximum Gasteiger partial charge on any atom is 0.243 e. The lowest BCUT2D eigenvalue weighted by molar-refractivity contribution is 0.445. The first kappa shape index (κ1) is 17.9. The zero-order valence-corrected chi connectivity index (χ0v) is 15.8. The Morgan fingerprint density at radius 1 is 1.30 bits per heavy atom. The molecular weight excluding hydrogens is 408 g/mol. The van der Waals surface area contributed by atoms with Crippen molar-refractivity contribution in [1.82, 2.24) is 4.72 Å². The van der Waals surface area contributed by atoms with Gasteiger partial charge in [0.2, 0.25) is 10.0 Å². The maximum atomic E-state index is 12.4. The van der Waals surface area contributed by atoms with Gasteiger partial charge >= 0.3 is 0 Å². The lowest BCUT2D eigenvalue weighted by Gasteiger charge is -2.19. The Labute approximate surface area is 137 Å². The molecule has 2 atom stereocenters. The van der Waals surface area contributed by atoms with Crippen LogP contribution in [0.1, 0.15) is 33.6 Å². The molecule has 0 heterocycles. The van der Waals surface area contributed by atoms with Gasteiger partial charge < -0.3 is 5.73 Å². The fraction of sp³-hybridized carbons (Fsp3) is 0.538. The SMILES string of the molecule is CCC(C)CC(C)NS(=O)(=O)c1c(N)cc(Br)cc1Br. The number of nitrogens with one attached hydrogen (secondary N) is 1. The number of sulfonamides is 1. The van der Waals surface area contributed by atoms with Gasteiger partial charge in [-0.25, -0.2) is 13.1 Å². The highest BCUT2D eigenvalue weighted by Gasteiger charge is 2.24. The maximum absolute atomic E-state index is 12.4. The van der Waals surface area contributed by atoms with Crippen LogP contribution in [0.25, 0.3) is 0 Å². The van der Waals surface area contributed by atoms with Crippen molar-refractivity contribution in [2.75, 3.05) is 5.73 Å². The molecule has 7 heteroatoms. The van der Waals surface area contributed by atoms with E-state index >= 15 is 0 Å². The minimum absolute atomic E-state index is 0.0942. The average Bonchev–Trinajstić information content (AvgIpc) is 2.25. The van der Waals surface area contributed by atoms with Gasteiger partial charge in [-0.1, -0.05) is 36.2 Å². The quantitative estimate of drug-likeness (QED) is 0.676. The third kappa shape index (κ3) is 4.72. The van der Waals surface area contributed by atoms with E-state index in [-0.39, 0.29) is 16.6 Å². The monoisotopic (exact) mass is 426 g/mol. The molecule has 1 rings (SSSR count). The van der Waals surface area contributed by atoms with Gasteiger partial charge in [0.1, 0.15) is 4.90 Å². The van der Waals surface area contributed by atoms with Crippen LogP contribution < -0.4 is 10.5 Å². The molecule has 0 bridgehead atoms. The van der Waals surface area contributed by atoms with E-state index in [0.717, 1.165) is 17.3 Å². The minimum Gasteiger partial charge on any atom is -0.398 e. The molecule has 0 fully saturated rings. The molecule has 0 saturated carbocycles. The first-order valence-electron chi connectivity index (χ1n) is 6.44. The van der Waals surface area contributed by atoms with Gasteiger partial charge in [0, 0.05) is 15.0 Å². The molecule has 0 spiro atoms. The first-order chi connectivity index (χ1) is 9.17. The molecule has 114 valence electrons. The van der Waals surface area contributed by atoms with Crippen LogP contribution in [0.3, 0.4) is 0 Å². The molecule has 1 aromatic rings. The Bertz CT molecular complexity index is 553. The van der Waals surface area contributed by atoms with Crippen LogP contribution in [0.2, 0.25) is 0 Å². The molecule has 4 nitrogen and oxygen atoms in total. The van der Waals surface area contributed by atoms with Crippen molar-refractivity contribution in [3.05, 3.63) is 21.1 Å². The van der Waals surface area contributed by atoms with Crippen molar-refractivity contribution in [3.8, 4) is 0 Å². The summed E-state index contributed by atoms with van der Waals surface area (Å²) in [5.41, 5.74) is 6.05. The summed E-state index contributed by atoms with van der Waals surface area (Å²) in [4.78, 5) is 0.0942. The highest BCUT2D eigenvalue weighted by Crippen LogP contribution is 2.31. The van der Waals surface area contributed by atoms with Gasteiger partial charge in [0.05, 0.1) is 5.69 Å². The van der Waals surface area contributed by atoms with Crippen molar-refractivity contribution < 1.29 is 8.42 Å². The summed E-state index contributed by atoms with van der Waals surface area (Å²) in [5.74, 6) is 0.471. The van der Waals surface area contributed by atoms with E-state index in [0.29, 0.717) is 10.4 Å². The summed E-state index contributed by atoms with van der Waals surface area (Å²) in [6, 6.07) is 3.12. The molecular formula is C13H20Br2N2O2S. The zero-order valence-electron chi connectivity index (χ0n) is 11.8. The van der Waals surface area contributed by atoms with E-state index in [1.54, 1.807) is 12.1 Å². The molecule has 1 aromatic carbocycles. The molecule has 2 unspecified atom stereocenters. The molecule has 0 aliphatic rings. The molecule has 0 aromatic heterocycles. The smallest absolute Gasteiger partial charge is 0.243 e. The van der Waals surface area contributed by atoms with Crippen molar-refractivity contribution in [2.24, 2.45) is 5.92 Å². The van der Waals surface area contributed by atoms with Crippen LogP contribution in [0.5, 0.6) is 0 Å². The second kappa shape index (κ2) is 7.24. The highest BCUT2D eigenvalue weighted by molar-refractivity contribution is 9.11. The number of hydrogen-bond acceptors (Lipinski definition) is 3. The van der Waals surface area contributed by atoms with Gasteiger partial charge in [-0.05, 0) is 47.3 Å². The summed E-state index contributed by atoms with van der Waals surface area (Å²) in [5, 5.41) is 0. The van der Waals surface area contributed by atoms with Crippen LogP contribution in [0, 0.1) is 5.92 Å². The lowest BCUT2D eigenvalue weighted by atomic mass is 10.0. The van der Waals surface area contributed by atoms with E-state index in [9.17, 15) is 8.42 Å². The Kier molecular flexibility index (Phi) is 6.50. The number of benzene rings is 1. The van der Waals surface area contributed by atoms with Gasteiger partial charge in [-0.2, -0.15) is 0 Å². The number of hydrogen-bond donors (Lipinski definition) is 2. The zero-order chi connectivity index (χ0) is 15.5. The first-order valence-corrected chi connectivity index (χ1v) is 9.51. The number of rotatable bonds is 6. The normalized spacial score (nSPS) is 15.1. The van der Waals surface area contributed by atoms with Crippen LogP contribution in [0.4, 0.5) is 5.69 Å². The molecule has 0 aliphatic heterocycles. The van der Waals surface area contributed by atoms with E-state index in [1.165, 1.54) is 0 Å². The number of halogens is 2. The lowest BCUT2D eigenvalue weighted by Crippen LogP contribution is -2.34. The van der Waals surface area contributed by atoms with E-state index in [4.69, 9.17) is 5.73 Å². The Morgan fingerprint density at radius 3 is 2.40 bits per heavy atom. The fourth-order valence-electron chi connectivity index (χ4n) is 2.01. The Balaban J connectivity index is 3.01. The van der Waals surface area contributed by atoms with Crippen LogP contribution in [0.15, 0.2) is 26.0 Å². The average molecular weight is 428 g/mol. The predicted octanol–water partition coefficient (Wildman–Crippen LogP) is 3.90. The van der Waals surface area contributed by atoms with Gasteiger partial charge in [-0.15, -0.1) is 0 Å². The second-order valence-corrected chi connectivity index (χ2v) is 8.50. The van der Waals surface area contributed by atoms with E-state index in [1.807, 2.05) is 6.92 Å². The molecule has 0 saturated heterocycles. The molecule has 0 amide bonds. The Morgan fingerprint density at radius 2 is 1.90 bits per heavy atom. The third-order valence-corrected chi connectivity index (χ3v) is 6.17. The van der Waals surface area contributed by atoms with Crippen molar-refractivity contribution in [1.29, 1.82) is 0 Å². The number of nitrogen functional groups attached to an aromatic ring is 1. The highest BCUT2D eigenvalue weighted by atomic mass is 79.9. The van der Waals surface area contributed by atoms with Crippen molar-refractivity contribution >= 4 is 47.6 Å². The predicted molar refractivity (Wildman–Crippen MR) is 90.1 cm³/mol. The topological polar surface area (TPSA) is 72.2 Å². The van der Waals surface area contributed by atoms with Crippen LogP contribution in [-0.4, -0.2) is 14.5 Å². The Hall–Kier alpha value is -0.110. The van der Waals surface area contributed by atoms with Crippen LogP contribution >= 0.6 is 31.9 Å². The summed E-state index contributed by atoms with van der Waals surface area (Å²) in [6.07, 6.45) is 1.82. The van der Waals surface area contributed by atoms with Crippen molar-refractivity contribution in [3.63, 3.8) is 0 Å². The van der Waals surface area contributed by atoms with Crippen molar-refractivity contribution in [2.45, 2.75) is 44.6 Å². The minimum atomic E-state index is -3.63.